The molecule has 1 aromatic rings. The van der Waals surface area contributed by atoms with Gasteiger partial charge < -0.3 is 4.42 Å². The van der Waals surface area contributed by atoms with E-state index in [2.05, 4.69) is 14.3 Å². The molecule has 0 bridgehead atoms. The summed E-state index contributed by atoms with van der Waals surface area (Å²) in [6.07, 6.45) is 2.24. The molecular weight excluding hydrogens is 98.0 g/mol. The fourth-order valence-corrected chi connectivity index (χ4v) is 0.243. The van der Waals surface area contributed by atoms with Crippen LogP contribution < -0.4 is 4.89 Å². The van der Waals surface area contributed by atoms with Gasteiger partial charge in [0.15, 0.2) is 12.7 Å². The number of oxazole rings is 1. The molecule has 0 spiro atoms. The van der Waals surface area contributed by atoms with Crippen LogP contribution in [0.15, 0.2) is 17.1 Å². The Morgan fingerprint density at radius 1 is 1.86 bits per heavy atom. The van der Waals surface area contributed by atoms with Crippen molar-refractivity contribution in [2.24, 2.45) is 0 Å². The quantitative estimate of drug-likeness (QED) is 0.379. The van der Waals surface area contributed by atoms with Crippen LogP contribution in [0.1, 0.15) is 0 Å². The van der Waals surface area contributed by atoms with Gasteiger partial charge in [0.2, 0.25) is 0 Å². The van der Waals surface area contributed by atoms with E-state index >= 15 is 0 Å². The van der Waals surface area contributed by atoms with Crippen LogP contribution in [0.25, 0.3) is 0 Å². The van der Waals surface area contributed by atoms with E-state index in [1.807, 2.05) is 0 Å². The molecule has 0 N–H and O–H groups in total. The molecule has 1 radical (unpaired) electrons. The summed E-state index contributed by atoms with van der Waals surface area (Å²) >= 11 is 0. The van der Waals surface area contributed by atoms with Gasteiger partial charge in [0.05, 0.1) is 0 Å². The summed E-state index contributed by atoms with van der Waals surface area (Å²) in [6.45, 7) is 0. The van der Waals surface area contributed by atoms with E-state index in [-0.39, 0.29) is 5.88 Å². The molecule has 0 aliphatic rings. The molecular formula is C3H2NO3. The lowest BCUT2D eigenvalue weighted by Gasteiger charge is -1.74. The molecule has 0 amide bonds. The van der Waals surface area contributed by atoms with Crippen molar-refractivity contribution in [3.8, 4) is 5.88 Å². The highest BCUT2D eigenvalue weighted by Gasteiger charge is 1.90. The molecule has 4 nitrogen and oxygen atoms in total. The van der Waals surface area contributed by atoms with E-state index in [0.29, 0.717) is 0 Å². The van der Waals surface area contributed by atoms with E-state index < -0.39 is 0 Å². The third-order valence-electron chi connectivity index (χ3n) is 0.495. The minimum absolute atomic E-state index is 0.0417. The Morgan fingerprint density at radius 3 is 3.00 bits per heavy atom. The second-order valence-electron chi connectivity index (χ2n) is 0.910. The molecule has 0 saturated carbocycles. The summed E-state index contributed by atoms with van der Waals surface area (Å²) in [6, 6.07) is 0. The molecule has 0 unspecified atom stereocenters. The number of hydrogen-bond donors (Lipinski definition) is 0. The normalized spacial score (nSPS) is 8.71. The molecule has 7 heavy (non-hydrogen) atoms. The van der Waals surface area contributed by atoms with Crippen LogP contribution in [-0.2, 0) is 5.26 Å². The fraction of sp³-hybridized carbons (Fsp3) is 0. The van der Waals surface area contributed by atoms with Gasteiger partial charge in [0.25, 0.3) is 5.88 Å². The molecule has 0 saturated heterocycles. The summed E-state index contributed by atoms with van der Waals surface area (Å²) in [5.74, 6) is -0.0417. The van der Waals surface area contributed by atoms with Crippen LogP contribution in [0.3, 0.4) is 0 Å². The number of rotatable bonds is 1. The van der Waals surface area contributed by atoms with Crippen LogP contribution in [0, 0.1) is 0 Å². The van der Waals surface area contributed by atoms with Crippen molar-refractivity contribution in [3.05, 3.63) is 12.7 Å². The minimum Gasteiger partial charge on any atom is -0.447 e. The third-order valence-corrected chi connectivity index (χ3v) is 0.495. The summed E-state index contributed by atoms with van der Waals surface area (Å²) in [5.41, 5.74) is 0. The summed E-state index contributed by atoms with van der Waals surface area (Å²) in [5, 5.41) is 9.37. The molecule has 1 rings (SSSR count). The maximum absolute atomic E-state index is 9.37. The van der Waals surface area contributed by atoms with Crippen LogP contribution in [-0.4, -0.2) is 4.98 Å². The molecule has 0 aromatic carbocycles. The van der Waals surface area contributed by atoms with Gasteiger partial charge in [-0.1, -0.05) is 0 Å². The highest BCUT2D eigenvalue weighted by atomic mass is 17.1. The largest absolute Gasteiger partial charge is 0.447 e. The Bertz CT molecular complexity index is 125. The molecule has 0 aliphatic carbocycles. The Balaban J connectivity index is 2.76. The lowest BCUT2D eigenvalue weighted by molar-refractivity contribution is -0.212. The van der Waals surface area contributed by atoms with Crippen molar-refractivity contribution in [3.63, 3.8) is 0 Å². The molecule has 37 valence electrons. The van der Waals surface area contributed by atoms with Crippen molar-refractivity contribution in [2.75, 3.05) is 0 Å². The zero-order chi connectivity index (χ0) is 5.11. The lowest BCUT2D eigenvalue weighted by atomic mass is 10.9. The fourth-order valence-electron chi connectivity index (χ4n) is 0.243. The predicted molar refractivity (Wildman–Crippen MR) is 17.8 cm³/mol. The smallest absolute Gasteiger partial charge is 0.297 e. The van der Waals surface area contributed by atoms with Crippen LogP contribution in [0.2, 0.25) is 0 Å². The average molecular weight is 100 g/mol. The van der Waals surface area contributed by atoms with E-state index in [0.717, 1.165) is 12.7 Å². The first-order valence-electron chi connectivity index (χ1n) is 1.61. The first-order chi connectivity index (χ1) is 3.43. The van der Waals surface area contributed by atoms with Gasteiger partial charge in [0, 0.05) is 5.26 Å². The van der Waals surface area contributed by atoms with Crippen molar-refractivity contribution in [2.45, 2.75) is 0 Å². The predicted octanol–water partition coefficient (Wildman–Crippen LogP) is 0.399. The molecule has 0 atom stereocenters. The van der Waals surface area contributed by atoms with Crippen LogP contribution in [0.4, 0.5) is 0 Å². The first kappa shape index (κ1) is 4.14. The summed E-state index contributed by atoms with van der Waals surface area (Å²) in [7, 11) is 0. The van der Waals surface area contributed by atoms with Gasteiger partial charge in [-0.05, 0) is 0 Å². The zero-order valence-electron chi connectivity index (χ0n) is 3.33. The maximum atomic E-state index is 9.37. The van der Waals surface area contributed by atoms with E-state index in [1.54, 1.807) is 0 Å². The van der Waals surface area contributed by atoms with Crippen LogP contribution in [0.5, 0.6) is 5.88 Å². The second kappa shape index (κ2) is 1.61. The van der Waals surface area contributed by atoms with Gasteiger partial charge in [-0.3, -0.25) is 4.89 Å². The van der Waals surface area contributed by atoms with Crippen LogP contribution >= 0.6 is 0 Å². The van der Waals surface area contributed by atoms with Gasteiger partial charge in [-0.15, -0.1) is 0 Å². The van der Waals surface area contributed by atoms with Gasteiger partial charge >= 0.3 is 0 Å². The van der Waals surface area contributed by atoms with Gasteiger partial charge in [-0.2, -0.15) is 4.98 Å². The Hall–Kier alpha value is -1.03. The minimum atomic E-state index is -0.0417. The average Bonchev–Trinajstić information content (AvgIpc) is 2.14. The molecule has 0 fully saturated rings. The Morgan fingerprint density at radius 2 is 2.71 bits per heavy atom. The first-order valence-corrected chi connectivity index (χ1v) is 1.61. The van der Waals surface area contributed by atoms with E-state index in [4.69, 9.17) is 0 Å². The lowest BCUT2D eigenvalue weighted by Crippen LogP contribution is -1.77. The van der Waals surface area contributed by atoms with Crippen molar-refractivity contribution < 1.29 is 14.6 Å². The van der Waals surface area contributed by atoms with E-state index in [1.165, 1.54) is 0 Å². The maximum Gasteiger partial charge on any atom is 0.297 e. The molecule has 1 heterocycles. The monoisotopic (exact) mass is 100 g/mol. The topological polar surface area (TPSA) is 55.2 Å². The van der Waals surface area contributed by atoms with Gasteiger partial charge in [0.1, 0.15) is 0 Å². The Labute approximate surface area is 39.3 Å². The highest BCUT2D eigenvalue weighted by molar-refractivity contribution is 4.95. The SMILES string of the molecule is [O]Oc1cocn1. The molecule has 1 aromatic heterocycles. The number of aromatic nitrogens is 1. The molecule has 0 aliphatic heterocycles. The van der Waals surface area contributed by atoms with E-state index in [9.17, 15) is 5.26 Å². The number of nitrogens with zero attached hydrogens (tertiary/aromatic N) is 1. The highest BCUT2D eigenvalue weighted by Crippen LogP contribution is 2.01. The second-order valence-corrected chi connectivity index (χ2v) is 0.910. The van der Waals surface area contributed by atoms with Gasteiger partial charge in [-0.25, -0.2) is 0 Å². The molecule has 4 heteroatoms. The third kappa shape index (κ3) is 0.690. The standard InChI is InChI=1S/C3H2NO3/c5-7-3-1-6-2-4-3/h1-2H. The van der Waals surface area contributed by atoms with Crippen molar-refractivity contribution in [1.82, 2.24) is 4.98 Å². The summed E-state index contributed by atoms with van der Waals surface area (Å²) < 4.78 is 4.37. The number of hydrogen-bond acceptors (Lipinski definition) is 3. The van der Waals surface area contributed by atoms with Crippen molar-refractivity contribution >= 4 is 0 Å². The summed E-state index contributed by atoms with van der Waals surface area (Å²) in [4.78, 5) is 6.73. The van der Waals surface area contributed by atoms with Crippen molar-refractivity contribution in [1.29, 1.82) is 0 Å². The Kier molecular flexibility index (Phi) is 0.953. The zero-order valence-corrected chi connectivity index (χ0v) is 3.33.